The van der Waals surface area contributed by atoms with Gasteiger partial charge in [-0.15, -0.1) is 0 Å². The number of nitrogens with zero attached hydrogens (tertiary/aromatic N) is 2. The van der Waals surface area contributed by atoms with E-state index in [1.54, 1.807) is 6.20 Å². The summed E-state index contributed by atoms with van der Waals surface area (Å²) in [5.41, 5.74) is 0. The van der Waals surface area contributed by atoms with Gasteiger partial charge in [0.25, 0.3) is 0 Å². The van der Waals surface area contributed by atoms with E-state index < -0.39 is 0 Å². The summed E-state index contributed by atoms with van der Waals surface area (Å²) in [5, 5.41) is 0. The molecule has 2 heterocycles. The van der Waals surface area contributed by atoms with Gasteiger partial charge in [0.2, 0.25) is 11.8 Å². The second-order valence-electron chi connectivity index (χ2n) is 7.41. The highest BCUT2D eigenvalue weighted by Gasteiger charge is 2.28. The molecule has 2 fully saturated rings. The Hall–Kier alpha value is -1.58. The normalized spacial score (nSPS) is 19.2. The van der Waals surface area contributed by atoms with Gasteiger partial charge in [0.15, 0.2) is 0 Å². The second-order valence-corrected chi connectivity index (χ2v) is 7.41. The zero-order valence-electron chi connectivity index (χ0n) is 16.7. The van der Waals surface area contributed by atoms with E-state index >= 15 is 0 Å². The summed E-state index contributed by atoms with van der Waals surface area (Å²) in [7, 11) is 0. The van der Waals surface area contributed by atoms with E-state index in [9.17, 15) is 4.79 Å². The van der Waals surface area contributed by atoms with Crippen molar-refractivity contribution < 1.29 is 9.53 Å². The third-order valence-corrected chi connectivity index (χ3v) is 5.58. The fourth-order valence-electron chi connectivity index (χ4n) is 3.96. The lowest BCUT2D eigenvalue weighted by Gasteiger charge is -2.34. The predicted octanol–water partition coefficient (Wildman–Crippen LogP) is 5.06. The number of hydrogen-bond donors (Lipinski definition) is 0. The van der Waals surface area contributed by atoms with E-state index in [0.29, 0.717) is 24.3 Å². The van der Waals surface area contributed by atoms with Crippen LogP contribution >= 0.6 is 0 Å². The average molecular weight is 372 g/mol. The number of aromatic nitrogens is 1. The zero-order valence-corrected chi connectivity index (χ0v) is 16.7. The van der Waals surface area contributed by atoms with Crippen LogP contribution in [-0.2, 0) is 4.79 Å². The smallest absolute Gasteiger partial charge is 0.229 e. The number of hydrogen-bond acceptors (Lipinski definition) is 3. The van der Waals surface area contributed by atoms with Gasteiger partial charge in [0, 0.05) is 25.4 Å². The first-order chi connectivity index (χ1) is 12.3. The van der Waals surface area contributed by atoms with Crippen LogP contribution in [0.4, 0.5) is 0 Å². The molecule has 1 aliphatic carbocycles. The molecule has 1 aromatic heterocycles. The third kappa shape index (κ3) is 7.51. The SMILES string of the molecule is O=C([C]1CCCCCCC1)N1CCC(CCOc2ccccn2)CC1.[CH2].[CH2]. The predicted molar refractivity (Wildman–Crippen MR) is 110 cm³/mol. The van der Waals surface area contributed by atoms with Crippen LogP contribution in [-0.4, -0.2) is 35.5 Å². The van der Waals surface area contributed by atoms with E-state index in [1.807, 2.05) is 18.2 Å². The number of amides is 1. The molecular formula is C23H35N2O2. The molecule has 2 aliphatic rings. The molecule has 1 aromatic rings. The first-order valence-electron chi connectivity index (χ1n) is 10.0. The fourth-order valence-corrected chi connectivity index (χ4v) is 3.96. The molecule has 0 aromatic carbocycles. The van der Waals surface area contributed by atoms with E-state index in [4.69, 9.17) is 4.74 Å². The van der Waals surface area contributed by atoms with Crippen molar-refractivity contribution in [1.29, 1.82) is 0 Å². The number of rotatable bonds is 5. The summed E-state index contributed by atoms with van der Waals surface area (Å²) < 4.78 is 5.71. The first-order valence-corrected chi connectivity index (χ1v) is 10.0. The van der Waals surface area contributed by atoms with Crippen molar-refractivity contribution in [3.63, 3.8) is 0 Å². The molecule has 0 bridgehead atoms. The topological polar surface area (TPSA) is 42.4 Å². The van der Waals surface area contributed by atoms with E-state index in [1.165, 1.54) is 38.0 Å². The highest BCUT2D eigenvalue weighted by molar-refractivity contribution is 5.90. The van der Waals surface area contributed by atoms with Gasteiger partial charge in [-0.05, 0) is 44.1 Å². The summed E-state index contributed by atoms with van der Waals surface area (Å²) in [6.07, 6.45) is 13.4. The zero-order chi connectivity index (χ0) is 17.3. The van der Waals surface area contributed by atoms with Crippen LogP contribution in [0.5, 0.6) is 5.88 Å². The number of ether oxygens (including phenoxy) is 1. The summed E-state index contributed by atoms with van der Waals surface area (Å²) in [6, 6.07) is 5.74. The molecule has 0 unspecified atom stereocenters. The molecule has 1 saturated heterocycles. The lowest BCUT2D eigenvalue weighted by Crippen LogP contribution is -2.41. The van der Waals surface area contributed by atoms with Crippen molar-refractivity contribution in [1.82, 2.24) is 9.88 Å². The molecule has 1 amide bonds. The van der Waals surface area contributed by atoms with Gasteiger partial charge >= 0.3 is 0 Å². The standard InChI is InChI=1S/C21H31N2O2.2CH2/c24-21(19-8-4-2-1-3-5-9-19)23-15-11-18(12-16-23)13-17-25-20-10-6-7-14-22-20;;/h6-7,10,14,18H,1-5,8-9,11-13,15-17H2;2*1H2. The average Bonchev–Trinajstić information content (AvgIpc) is 2.62. The van der Waals surface area contributed by atoms with Crippen LogP contribution in [0.3, 0.4) is 0 Å². The Labute approximate surface area is 166 Å². The molecule has 27 heavy (non-hydrogen) atoms. The molecule has 1 aliphatic heterocycles. The fraction of sp³-hybridized carbons (Fsp3) is 0.609. The Balaban J connectivity index is 0.00000182. The van der Waals surface area contributed by atoms with E-state index in [-0.39, 0.29) is 14.9 Å². The van der Waals surface area contributed by atoms with Gasteiger partial charge < -0.3 is 9.64 Å². The van der Waals surface area contributed by atoms with Crippen LogP contribution in [0.25, 0.3) is 0 Å². The number of pyridine rings is 1. The van der Waals surface area contributed by atoms with Crippen LogP contribution in [0.1, 0.15) is 64.2 Å². The third-order valence-electron chi connectivity index (χ3n) is 5.58. The van der Waals surface area contributed by atoms with Crippen molar-refractivity contribution in [2.45, 2.75) is 64.2 Å². The van der Waals surface area contributed by atoms with Crippen molar-refractivity contribution in [3.05, 3.63) is 45.2 Å². The maximum Gasteiger partial charge on any atom is 0.229 e. The summed E-state index contributed by atoms with van der Waals surface area (Å²) in [6.45, 7) is 2.54. The minimum absolute atomic E-state index is 0. The maximum absolute atomic E-state index is 12.8. The van der Waals surface area contributed by atoms with Crippen molar-refractivity contribution in [3.8, 4) is 5.88 Å². The molecule has 149 valence electrons. The molecule has 4 heteroatoms. The lowest BCUT2D eigenvalue weighted by molar-refractivity contribution is -0.131. The van der Waals surface area contributed by atoms with Gasteiger partial charge in [-0.25, -0.2) is 4.98 Å². The Kier molecular flexibility index (Phi) is 11.1. The van der Waals surface area contributed by atoms with Crippen molar-refractivity contribution in [2.75, 3.05) is 19.7 Å². The first kappa shape index (κ1) is 23.5. The molecule has 1 saturated carbocycles. The van der Waals surface area contributed by atoms with Gasteiger partial charge in [0.1, 0.15) is 0 Å². The highest BCUT2D eigenvalue weighted by atomic mass is 16.5. The summed E-state index contributed by atoms with van der Waals surface area (Å²) >= 11 is 0. The minimum Gasteiger partial charge on any atom is -0.478 e. The van der Waals surface area contributed by atoms with Crippen LogP contribution in [0, 0.1) is 26.7 Å². The number of piperidine rings is 1. The monoisotopic (exact) mass is 371 g/mol. The number of likely N-dealkylation sites (tertiary alicyclic amines) is 1. The van der Waals surface area contributed by atoms with Gasteiger partial charge in [0.05, 0.1) is 12.5 Å². The maximum atomic E-state index is 12.8. The van der Waals surface area contributed by atoms with Crippen LogP contribution in [0.15, 0.2) is 24.4 Å². The molecule has 0 spiro atoms. The Morgan fingerprint density at radius 2 is 1.70 bits per heavy atom. The van der Waals surface area contributed by atoms with E-state index in [0.717, 1.165) is 45.2 Å². The molecule has 0 N–H and O–H groups in total. The minimum atomic E-state index is 0. The Bertz CT molecular complexity index is 504. The lowest BCUT2D eigenvalue weighted by atomic mass is 9.88. The van der Waals surface area contributed by atoms with Gasteiger partial charge in [-0.3, -0.25) is 4.79 Å². The molecule has 4 nitrogen and oxygen atoms in total. The van der Waals surface area contributed by atoms with Gasteiger partial charge in [-0.1, -0.05) is 53.0 Å². The molecular weight excluding hydrogens is 336 g/mol. The second kappa shape index (κ2) is 12.7. The number of carbonyl (C=O) groups excluding carboxylic acids is 1. The van der Waals surface area contributed by atoms with E-state index in [2.05, 4.69) is 9.88 Å². The molecule has 0 atom stereocenters. The van der Waals surface area contributed by atoms with Crippen molar-refractivity contribution in [2.24, 2.45) is 5.92 Å². The molecule has 5 radical (unpaired) electrons. The number of carbonyl (C=O) groups is 1. The van der Waals surface area contributed by atoms with Crippen LogP contribution in [0.2, 0.25) is 0 Å². The summed E-state index contributed by atoms with van der Waals surface area (Å²) in [4.78, 5) is 19.1. The van der Waals surface area contributed by atoms with Crippen molar-refractivity contribution >= 4 is 5.91 Å². The van der Waals surface area contributed by atoms with Crippen LogP contribution < -0.4 is 4.74 Å². The summed E-state index contributed by atoms with van der Waals surface area (Å²) in [5.74, 6) is 2.91. The quantitative estimate of drug-likeness (QED) is 0.726. The van der Waals surface area contributed by atoms with Gasteiger partial charge in [-0.2, -0.15) is 0 Å². The molecule has 3 rings (SSSR count). The highest BCUT2D eigenvalue weighted by Crippen LogP contribution is 2.28. The Morgan fingerprint density at radius 3 is 2.33 bits per heavy atom. The largest absolute Gasteiger partial charge is 0.478 e. The Morgan fingerprint density at radius 1 is 1.04 bits per heavy atom.